The van der Waals surface area contributed by atoms with Gasteiger partial charge < -0.3 is 19.9 Å². The van der Waals surface area contributed by atoms with E-state index in [4.69, 9.17) is 9.47 Å². The maximum Gasteiger partial charge on any atom is 0.408 e. The van der Waals surface area contributed by atoms with Crippen LogP contribution in [-0.4, -0.2) is 35.3 Å². The molecule has 1 amide bonds. The van der Waals surface area contributed by atoms with Gasteiger partial charge in [0.15, 0.2) is 0 Å². The number of hydrogen-bond donors (Lipinski definition) is 2. The molecule has 26 heavy (non-hydrogen) atoms. The first-order valence-corrected chi connectivity index (χ1v) is 8.94. The number of carbonyl (C=O) groups is 3. The number of carboxylic acid groups (broad SMARTS) is 1. The number of alkyl carbamates (subject to hydrolysis) is 1. The van der Waals surface area contributed by atoms with Gasteiger partial charge in [-0.2, -0.15) is 0 Å². The number of nitrogens with one attached hydrogen (secondary N) is 1. The minimum atomic E-state index is -1.22. The van der Waals surface area contributed by atoms with E-state index in [1.807, 2.05) is 18.2 Å². The van der Waals surface area contributed by atoms with Gasteiger partial charge in [0.1, 0.15) is 18.8 Å². The van der Waals surface area contributed by atoms with Gasteiger partial charge in [0.05, 0.1) is 0 Å². The molecule has 1 saturated carbocycles. The number of amides is 1. The van der Waals surface area contributed by atoms with Crippen molar-refractivity contribution < 1.29 is 29.0 Å². The Morgan fingerprint density at radius 3 is 2.46 bits per heavy atom. The van der Waals surface area contributed by atoms with E-state index in [9.17, 15) is 19.5 Å². The Hall–Kier alpha value is -2.57. The van der Waals surface area contributed by atoms with Crippen molar-refractivity contribution >= 4 is 18.0 Å². The van der Waals surface area contributed by atoms with Gasteiger partial charge in [0.2, 0.25) is 0 Å². The summed E-state index contributed by atoms with van der Waals surface area (Å²) in [5.74, 6) is -1.64. The first-order valence-electron chi connectivity index (χ1n) is 8.94. The molecule has 0 saturated heterocycles. The summed E-state index contributed by atoms with van der Waals surface area (Å²) in [6.07, 6.45) is 3.97. The van der Waals surface area contributed by atoms with Crippen molar-refractivity contribution in [1.29, 1.82) is 0 Å². The van der Waals surface area contributed by atoms with E-state index in [1.165, 1.54) is 0 Å². The zero-order valence-electron chi connectivity index (χ0n) is 14.7. The van der Waals surface area contributed by atoms with E-state index in [-0.39, 0.29) is 25.6 Å². The zero-order valence-corrected chi connectivity index (χ0v) is 14.7. The molecule has 0 aromatic heterocycles. The van der Waals surface area contributed by atoms with Crippen molar-refractivity contribution in [3.8, 4) is 0 Å². The van der Waals surface area contributed by atoms with E-state index in [1.54, 1.807) is 12.1 Å². The summed E-state index contributed by atoms with van der Waals surface area (Å²) >= 11 is 0. The highest BCUT2D eigenvalue weighted by molar-refractivity contribution is 5.80. The number of aliphatic carboxylic acids is 1. The molecule has 0 radical (unpaired) electrons. The van der Waals surface area contributed by atoms with Crippen molar-refractivity contribution in [2.75, 3.05) is 0 Å². The number of benzene rings is 1. The topological polar surface area (TPSA) is 102 Å². The molecule has 1 fully saturated rings. The summed E-state index contributed by atoms with van der Waals surface area (Å²) in [4.78, 5) is 34.9. The average molecular weight is 363 g/mol. The molecular formula is C19H25NO6. The summed E-state index contributed by atoms with van der Waals surface area (Å²) in [5, 5.41) is 11.5. The van der Waals surface area contributed by atoms with E-state index in [2.05, 4.69) is 5.32 Å². The van der Waals surface area contributed by atoms with Crippen LogP contribution in [0.3, 0.4) is 0 Å². The minimum absolute atomic E-state index is 0.0404. The number of carboxylic acids is 1. The van der Waals surface area contributed by atoms with Crippen molar-refractivity contribution in [2.45, 2.75) is 63.7 Å². The maximum absolute atomic E-state index is 11.9. The molecule has 1 aliphatic rings. The second kappa shape index (κ2) is 10.4. The second-order valence-corrected chi connectivity index (χ2v) is 6.39. The quantitative estimate of drug-likeness (QED) is 0.688. The Balaban J connectivity index is 1.72. The molecule has 7 heteroatoms. The molecular weight excluding hydrogens is 338 g/mol. The fourth-order valence-electron chi connectivity index (χ4n) is 2.85. The van der Waals surface area contributed by atoms with Crippen LogP contribution < -0.4 is 5.32 Å². The third-order valence-electron chi connectivity index (χ3n) is 4.29. The smallest absolute Gasteiger partial charge is 0.408 e. The largest absolute Gasteiger partial charge is 0.480 e. The molecule has 142 valence electrons. The molecule has 0 heterocycles. The lowest BCUT2D eigenvalue weighted by Crippen LogP contribution is -2.41. The van der Waals surface area contributed by atoms with Crippen LogP contribution in [0.4, 0.5) is 4.79 Å². The van der Waals surface area contributed by atoms with E-state index in [0.29, 0.717) is 0 Å². The average Bonchev–Trinajstić information content (AvgIpc) is 2.65. The fourth-order valence-corrected chi connectivity index (χ4v) is 2.85. The van der Waals surface area contributed by atoms with Crippen LogP contribution in [0.5, 0.6) is 0 Å². The fraction of sp³-hybridized carbons (Fsp3) is 0.526. The summed E-state index contributed by atoms with van der Waals surface area (Å²) in [6, 6.07) is 7.86. The molecule has 1 atom stereocenters. The summed E-state index contributed by atoms with van der Waals surface area (Å²) in [7, 11) is 0. The minimum Gasteiger partial charge on any atom is -0.480 e. The third kappa shape index (κ3) is 7.13. The van der Waals surface area contributed by atoms with Gasteiger partial charge in [0.25, 0.3) is 0 Å². The van der Waals surface area contributed by atoms with Crippen LogP contribution in [0.1, 0.15) is 50.5 Å². The molecule has 7 nitrogen and oxygen atoms in total. The highest BCUT2D eigenvalue weighted by Crippen LogP contribution is 2.21. The number of rotatable bonds is 8. The summed E-state index contributed by atoms with van der Waals surface area (Å²) < 4.78 is 10.4. The van der Waals surface area contributed by atoms with E-state index < -0.39 is 24.1 Å². The normalized spacial score (nSPS) is 15.7. The predicted octanol–water partition coefficient (Wildman–Crippen LogP) is 3.02. The molecule has 1 aromatic carbocycles. The maximum atomic E-state index is 11.9. The van der Waals surface area contributed by atoms with Gasteiger partial charge in [0, 0.05) is 6.42 Å². The molecule has 0 aliphatic heterocycles. The van der Waals surface area contributed by atoms with Gasteiger partial charge in [-0.05, 0) is 37.7 Å². The Morgan fingerprint density at radius 2 is 1.81 bits per heavy atom. The molecule has 0 bridgehead atoms. The standard InChI is InChI=1S/C19H25NO6/c21-17(26-15-9-5-2-6-10-15)12-11-16(18(22)23)20-19(24)25-13-14-7-3-1-4-8-14/h1,3-4,7-8,15-16H,2,5-6,9-13H2,(H,20,24)(H,22,23). The SMILES string of the molecule is O=C(CCC(NC(=O)OCc1ccccc1)C(=O)O)OC1CCCCC1. The molecule has 2 rings (SSSR count). The zero-order chi connectivity index (χ0) is 18.8. The Morgan fingerprint density at radius 1 is 1.12 bits per heavy atom. The number of ether oxygens (including phenoxy) is 2. The van der Waals surface area contributed by atoms with Crippen LogP contribution in [0.25, 0.3) is 0 Å². The highest BCUT2D eigenvalue weighted by atomic mass is 16.6. The lowest BCUT2D eigenvalue weighted by atomic mass is 9.98. The van der Waals surface area contributed by atoms with Gasteiger partial charge in [-0.15, -0.1) is 0 Å². The Labute approximate surface area is 152 Å². The number of carbonyl (C=O) groups excluding carboxylic acids is 2. The van der Waals surface area contributed by atoms with Crippen LogP contribution in [-0.2, 0) is 25.7 Å². The summed E-state index contributed by atoms with van der Waals surface area (Å²) in [5.41, 5.74) is 0.797. The van der Waals surface area contributed by atoms with E-state index >= 15 is 0 Å². The first-order chi connectivity index (χ1) is 12.5. The van der Waals surface area contributed by atoms with Crippen molar-refractivity contribution in [1.82, 2.24) is 5.32 Å². The lowest BCUT2D eigenvalue weighted by molar-refractivity contribution is -0.151. The molecule has 1 unspecified atom stereocenters. The van der Waals surface area contributed by atoms with Crippen LogP contribution >= 0.6 is 0 Å². The molecule has 1 aromatic rings. The molecule has 1 aliphatic carbocycles. The van der Waals surface area contributed by atoms with Gasteiger partial charge in [-0.1, -0.05) is 36.8 Å². The Bertz CT molecular complexity index is 597. The highest BCUT2D eigenvalue weighted by Gasteiger charge is 2.23. The number of esters is 1. The lowest BCUT2D eigenvalue weighted by Gasteiger charge is -2.22. The summed E-state index contributed by atoms with van der Waals surface area (Å²) in [6.45, 7) is 0.0444. The third-order valence-corrected chi connectivity index (χ3v) is 4.29. The predicted molar refractivity (Wildman–Crippen MR) is 93.4 cm³/mol. The molecule has 2 N–H and O–H groups in total. The van der Waals surface area contributed by atoms with Gasteiger partial charge >= 0.3 is 18.0 Å². The number of hydrogen-bond acceptors (Lipinski definition) is 5. The van der Waals surface area contributed by atoms with Gasteiger partial charge in [-0.3, -0.25) is 4.79 Å². The van der Waals surface area contributed by atoms with Crippen molar-refractivity contribution in [3.05, 3.63) is 35.9 Å². The molecule has 0 spiro atoms. The second-order valence-electron chi connectivity index (χ2n) is 6.39. The van der Waals surface area contributed by atoms with Crippen molar-refractivity contribution in [2.24, 2.45) is 0 Å². The first kappa shape index (κ1) is 19.8. The Kier molecular flexibility index (Phi) is 7.92. The monoisotopic (exact) mass is 363 g/mol. The van der Waals surface area contributed by atoms with Gasteiger partial charge in [-0.25, -0.2) is 9.59 Å². The van der Waals surface area contributed by atoms with Crippen LogP contribution in [0, 0.1) is 0 Å². The van der Waals surface area contributed by atoms with E-state index in [0.717, 1.165) is 37.7 Å². The van der Waals surface area contributed by atoms with Crippen LogP contribution in [0.15, 0.2) is 30.3 Å². The van der Waals surface area contributed by atoms with Crippen LogP contribution in [0.2, 0.25) is 0 Å². The van der Waals surface area contributed by atoms with Crippen molar-refractivity contribution in [3.63, 3.8) is 0 Å².